The van der Waals surface area contributed by atoms with Crippen LogP contribution in [0.3, 0.4) is 0 Å². The summed E-state index contributed by atoms with van der Waals surface area (Å²) in [5.74, 6) is -0.197. The van der Waals surface area contributed by atoms with Gasteiger partial charge in [-0.15, -0.1) is 0 Å². The van der Waals surface area contributed by atoms with Crippen molar-refractivity contribution >= 4 is 46.3 Å². The first kappa shape index (κ1) is 18.7. The molecule has 1 aromatic carbocycles. The van der Waals surface area contributed by atoms with Crippen molar-refractivity contribution < 1.29 is 24.2 Å². The Bertz CT molecular complexity index is 771. The van der Waals surface area contributed by atoms with Gasteiger partial charge in [0.2, 0.25) is 0 Å². The molecule has 2 aliphatic rings. The van der Waals surface area contributed by atoms with E-state index in [2.05, 4.69) is 0 Å². The van der Waals surface area contributed by atoms with E-state index >= 15 is 0 Å². The number of methoxy groups -OCH3 is 1. The normalized spacial score (nSPS) is 19.4. The van der Waals surface area contributed by atoms with Gasteiger partial charge in [-0.05, 0) is 49.5 Å². The highest BCUT2D eigenvalue weighted by Crippen LogP contribution is 2.36. The third-order valence-corrected chi connectivity index (χ3v) is 5.63. The molecule has 3 rings (SSSR count). The maximum Gasteiger partial charge on any atom is 0.323 e. The average molecular weight is 393 g/mol. The third kappa shape index (κ3) is 4.19. The van der Waals surface area contributed by atoms with Gasteiger partial charge in [0.25, 0.3) is 5.91 Å². The minimum absolute atomic E-state index is 0.188. The summed E-state index contributed by atoms with van der Waals surface area (Å²) >= 11 is 6.21. The zero-order chi connectivity index (χ0) is 18.7. The van der Waals surface area contributed by atoms with Gasteiger partial charge in [-0.2, -0.15) is 0 Å². The van der Waals surface area contributed by atoms with Crippen LogP contribution in [0.5, 0.6) is 11.5 Å². The Morgan fingerprint density at radius 1 is 1.38 bits per heavy atom. The summed E-state index contributed by atoms with van der Waals surface area (Å²) < 4.78 is 11.7. The maximum atomic E-state index is 12.4. The van der Waals surface area contributed by atoms with Gasteiger partial charge in [-0.3, -0.25) is 14.5 Å². The van der Waals surface area contributed by atoms with Gasteiger partial charge in [0.15, 0.2) is 11.5 Å². The molecule has 6 nitrogen and oxygen atoms in total. The number of benzene rings is 1. The van der Waals surface area contributed by atoms with Gasteiger partial charge in [0, 0.05) is 0 Å². The summed E-state index contributed by atoms with van der Waals surface area (Å²) in [5, 5.41) is 8.90. The molecule has 1 aliphatic heterocycles. The summed E-state index contributed by atoms with van der Waals surface area (Å²) in [6, 6.07) is 5.46. The molecule has 0 spiro atoms. The van der Waals surface area contributed by atoms with Crippen molar-refractivity contribution in [1.29, 1.82) is 0 Å². The van der Waals surface area contributed by atoms with E-state index in [-0.39, 0.29) is 10.4 Å². The Morgan fingerprint density at radius 2 is 2.12 bits per heavy atom. The van der Waals surface area contributed by atoms with Crippen LogP contribution in [0.2, 0.25) is 0 Å². The monoisotopic (exact) mass is 393 g/mol. The van der Waals surface area contributed by atoms with E-state index in [9.17, 15) is 9.59 Å². The lowest BCUT2D eigenvalue weighted by Crippen LogP contribution is -2.33. The number of carbonyl (C=O) groups excluding carboxylic acids is 1. The fourth-order valence-electron chi connectivity index (χ4n) is 2.98. The van der Waals surface area contributed by atoms with Crippen LogP contribution in [0.4, 0.5) is 0 Å². The van der Waals surface area contributed by atoms with E-state index in [0.717, 1.165) is 35.1 Å². The van der Waals surface area contributed by atoms with Crippen molar-refractivity contribution in [3.63, 3.8) is 0 Å². The molecule has 0 radical (unpaired) electrons. The highest BCUT2D eigenvalue weighted by atomic mass is 32.2. The van der Waals surface area contributed by atoms with Crippen molar-refractivity contribution in [3.05, 3.63) is 28.7 Å². The van der Waals surface area contributed by atoms with Crippen molar-refractivity contribution in [2.24, 2.45) is 0 Å². The average Bonchev–Trinajstić information content (AvgIpc) is 3.19. The van der Waals surface area contributed by atoms with Crippen molar-refractivity contribution in [2.45, 2.75) is 31.8 Å². The quantitative estimate of drug-likeness (QED) is 0.587. The van der Waals surface area contributed by atoms with Crippen LogP contribution < -0.4 is 9.47 Å². The first-order valence-corrected chi connectivity index (χ1v) is 9.52. The SMILES string of the molecule is COc1ccc(/C=C2\SC(=S)N(CC(=O)O)C2=O)cc1OC1CCCC1. The molecule has 138 valence electrons. The molecule has 26 heavy (non-hydrogen) atoms. The Morgan fingerprint density at radius 3 is 2.77 bits per heavy atom. The summed E-state index contributed by atoms with van der Waals surface area (Å²) in [4.78, 5) is 24.7. The molecule has 0 unspecified atom stereocenters. The fourth-order valence-corrected chi connectivity index (χ4v) is 4.24. The molecular formula is C18H19NO5S2. The largest absolute Gasteiger partial charge is 0.493 e. The second kappa shape index (κ2) is 8.09. The third-order valence-electron chi connectivity index (χ3n) is 4.25. The molecule has 2 fully saturated rings. The first-order chi connectivity index (χ1) is 12.5. The van der Waals surface area contributed by atoms with Crippen molar-refractivity contribution in [1.82, 2.24) is 4.90 Å². The number of thiocarbonyl (C=S) groups is 1. The number of carboxylic acids is 1. The van der Waals surface area contributed by atoms with Gasteiger partial charge in [-0.25, -0.2) is 0 Å². The van der Waals surface area contributed by atoms with Crippen LogP contribution in [0.25, 0.3) is 6.08 Å². The number of hydrogen-bond acceptors (Lipinski definition) is 6. The lowest BCUT2D eigenvalue weighted by Gasteiger charge is -2.16. The molecular weight excluding hydrogens is 374 g/mol. The highest BCUT2D eigenvalue weighted by molar-refractivity contribution is 8.26. The van der Waals surface area contributed by atoms with Crippen LogP contribution in [0.1, 0.15) is 31.2 Å². The second-order valence-corrected chi connectivity index (χ2v) is 7.77. The molecule has 1 amide bonds. The van der Waals surface area contributed by atoms with E-state index in [4.69, 9.17) is 26.8 Å². The summed E-state index contributed by atoms with van der Waals surface area (Å²) in [5.41, 5.74) is 0.773. The number of rotatable bonds is 6. The van der Waals surface area contributed by atoms with Crippen LogP contribution in [0.15, 0.2) is 23.1 Å². The standard InChI is InChI=1S/C18H19NO5S2/c1-23-13-7-6-11(8-14(13)24-12-4-2-3-5-12)9-15-17(22)19(10-16(20)21)18(25)26-15/h6-9,12H,2-5,10H2,1H3,(H,20,21)/b15-9-. The van der Waals surface area contributed by atoms with E-state index < -0.39 is 18.4 Å². The van der Waals surface area contributed by atoms with Gasteiger partial charge >= 0.3 is 5.97 Å². The van der Waals surface area contributed by atoms with E-state index in [1.165, 1.54) is 12.8 Å². The number of hydrogen-bond donors (Lipinski definition) is 1. The zero-order valence-electron chi connectivity index (χ0n) is 14.3. The van der Waals surface area contributed by atoms with Crippen LogP contribution in [0, 0.1) is 0 Å². The van der Waals surface area contributed by atoms with E-state index in [1.54, 1.807) is 19.3 Å². The molecule has 1 saturated carbocycles. The number of carbonyl (C=O) groups is 2. The predicted octanol–water partition coefficient (Wildman–Crippen LogP) is 3.30. The summed E-state index contributed by atoms with van der Waals surface area (Å²) in [6.45, 7) is -0.430. The number of thioether (sulfide) groups is 1. The van der Waals surface area contributed by atoms with Crippen LogP contribution >= 0.6 is 24.0 Å². The number of ether oxygens (including phenoxy) is 2. The molecule has 0 aromatic heterocycles. The Labute approximate surface area is 161 Å². The summed E-state index contributed by atoms with van der Waals surface area (Å²) in [6.07, 6.45) is 6.27. The Hall–Kier alpha value is -2.06. The van der Waals surface area contributed by atoms with Crippen molar-refractivity contribution in [3.8, 4) is 11.5 Å². The minimum Gasteiger partial charge on any atom is -0.493 e. The Kier molecular flexibility index (Phi) is 5.83. The van der Waals surface area contributed by atoms with E-state index in [1.807, 2.05) is 12.1 Å². The topological polar surface area (TPSA) is 76.1 Å². The van der Waals surface area contributed by atoms with E-state index in [0.29, 0.717) is 16.4 Å². The number of carboxylic acid groups (broad SMARTS) is 1. The number of amides is 1. The molecule has 1 heterocycles. The highest BCUT2D eigenvalue weighted by Gasteiger charge is 2.33. The fraction of sp³-hybridized carbons (Fsp3) is 0.389. The molecule has 1 saturated heterocycles. The van der Waals surface area contributed by atoms with Gasteiger partial charge in [-0.1, -0.05) is 30.0 Å². The molecule has 1 aliphatic carbocycles. The van der Waals surface area contributed by atoms with Crippen molar-refractivity contribution in [2.75, 3.05) is 13.7 Å². The zero-order valence-corrected chi connectivity index (χ0v) is 15.9. The number of nitrogens with zero attached hydrogens (tertiary/aromatic N) is 1. The lowest BCUT2D eigenvalue weighted by atomic mass is 10.1. The van der Waals surface area contributed by atoms with Gasteiger partial charge in [0.1, 0.15) is 10.9 Å². The molecule has 8 heteroatoms. The Balaban J connectivity index is 1.82. The summed E-state index contributed by atoms with van der Waals surface area (Å²) in [7, 11) is 1.59. The molecule has 1 N–H and O–H groups in total. The lowest BCUT2D eigenvalue weighted by molar-refractivity contribution is -0.140. The smallest absolute Gasteiger partial charge is 0.323 e. The molecule has 0 atom stereocenters. The second-order valence-electron chi connectivity index (χ2n) is 6.10. The molecule has 1 aromatic rings. The first-order valence-electron chi connectivity index (χ1n) is 8.30. The maximum absolute atomic E-state index is 12.4. The number of aliphatic carboxylic acids is 1. The minimum atomic E-state index is -1.10. The van der Waals surface area contributed by atoms with Crippen LogP contribution in [-0.4, -0.2) is 46.0 Å². The van der Waals surface area contributed by atoms with Crippen LogP contribution in [-0.2, 0) is 9.59 Å². The van der Waals surface area contributed by atoms with Gasteiger partial charge in [0.05, 0.1) is 18.1 Å². The molecule has 0 bridgehead atoms. The van der Waals surface area contributed by atoms with Gasteiger partial charge < -0.3 is 14.6 Å². The predicted molar refractivity (Wildman–Crippen MR) is 103 cm³/mol.